The van der Waals surface area contributed by atoms with E-state index in [1.54, 1.807) is 0 Å². The van der Waals surface area contributed by atoms with Crippen LogP contribution in [0, 0.1) is 11.3 Å². The van der Waals surface area contributed by atoms with Gasteiger partial charge in [0.1, 0.15) is 17.0 Å². The number of rotatable bonds is 2. The zero-order valence-electron chi connectivity index (χ0n) is 13.3. The molecule has 0 amide bonds. The molecule has 0 saturated heterocycles. The van der Waals surface area contributed by atoms with Crippen molar-refractivity contribution in [3.05, 3.63) is 53.2 Å². The van der Waals surface area contributed by atoms with Crippen molar-refractivity contribution in [2.45, 2.75) is 6.18 Å². The second kappa shape index (κ2) is 5.81. The standard InChI is InChI=1S/C18H11F3N2O3/c1-23-15(18(19,20)21)7-11-4-9(8-22)5-13(16(11)23)10-2-3-12(17(25)26)14(24)6-10/h2-7,24H,1H3,(H,25,26). The molecule has 132 valence electrons. The molecule has 1 aromatic heterocycles. The molecule has 26 heavy (non-hydrogen) atoms. The molecular formula is C18H11F3N2O3. The molecule has 0 atom stereocenters. The Balaban J connectivity index is 2.35. The van der Waals surface area contributed by atoms with Crippen LogP contribution in [0.2, 0.25) is 0 Å². The van der Waals surface area contributed by atoms with E-state index < -0.39 is 23.6 Å². The number of benzene rings is 2. The van der Waals surface area contributed by atoms with Crippen LogP contribution in [0.3, 0.4) is 0 Å². The molecule has 2 aromatic carbocycles. The number of aromatic nitrogens is 1. The monoisotopic (exact) mass is 360 g/mol. The first kappa shape index (κ1) is 17.4. The lowest BCUT2D eigenvalue weighted by Crippen LogP contribution is -2.10. The molecule has 0 spiro atoms. The summed E-state index contributed by atoms with van der Waals surface area (Å²) < 4.78 is 40.6. The van der Waals surface area contributed by atoms with Gasteiger partial charge in [-0.3, -0.25) is 0 Å². The van der Waals surface area contributed by atoms with Crippen LogP contribution in [0.15, 0.2) is 36.4 Å². The highest BCUT2D eigenvalue weighted by molar-refractivity contribution is 5.98. The molecule has 0 saturated carbocycles. The van der Waals surface area contributed by atoms with Gasteiger partial charge in [-0.25, -0.2) is 4.79 Å². The number of halogens is 3. The van der Waals surface area contributed by atoms with Crippen LogP contribution in [0.25, 0.3) is 22.0 Å². The van der Waals surface area contributed by atoms with E-state index in [1.165, 1.54) is 25.2 Å². The summed E-state index contributed by atoms with van der Waals surface area (Å²) in [6.45, 7) is 0. The highest BCUT2D eigenvalue weighted by Gasteiger charge is 2.35. The first-order valence-electron chi connectivity index (χ1n) is 7.31. The minimum absolute atomic E-state index is 0.147. The Morgan fingerprint density at radius 2 is 1.88 bits per heavy atom. The van der Waals surface area contributed by atoms with Crippen molar-refractivity contribution in [3.8, 4) is 22.9 Å². The minimum atomic E-state index is -4.58. The predicted molar refractivity (Wildman–Crippen MR) is 86.7 cm³/mol. The van der Waals surface area contributed by atoms with Crippen LogP contribution in [-0.4, -0.2) is 20.7 Å². The van der Waals surface area contributed by atoms with E-state index in [1.807, 2.05) is 6.07 Å². The smallest absolute Gasteiger partial charge is 0.431 e. The summed E-state index contributed by atoms with van der Waals surface area (Å²) in [6, 6.07) is 9.28. The SMILES string of the molecule is Cn1c(C(F)(F)F)cc2cc(C#N)cc(-c3ccc(C(=O)O)c(O)c3)c21. The van der Waals surface area contributed by atoms with Crippen molar-refractivity contribution in [2.24, 2.45) is 7.05 Å². The number of hydrogen-bond donors (Lipinski definition) is 2. The predicted octanol–water partition coefficient (Wildman–Crippen LogP) is 4.14. The van der Waals surface area contributed by atoms with Crippen LogP contribution in [0.1, 0.15) is 21.6 Å². The third kappa shape index (κ3) is 2.73. The van der Waals surface area contributed by atoms with E-state index in [-0.39, 0.29) is 27.6 Å². The average molecular weight is 360 g/mol. The lowest BCUT2D eigenvalue weighted by molar-refractivity contribution is -0.142. The normalized spacial score (nSPS) is 11.5. The summed E-state index contributed by atoms with van der Waals surface area (Å²) in [5.41, 5.74) is -0.263. The second-order valence-electron chi connectivity index (χ2n) is 5.70. The number of aromatic carboxylic acids is 1. The lowest BCUT2D eigenvalue weighted by Gasteiger charge is -2.11. The molecule has 5 nitrogen and oxygen atoms in total. The molecule has 1 heterocycles. The van der Waals surface area contributed by atoms with E-state index in [2.05, 4.69) is 0 Å². The number of hydrogen-bond acceptors (Lipinski definition) is 3. The van der Waals surface area contributed by atoms with Crippen molar-refractivity contribution in [1.82, 2.24) is 4.57 Å². The van der Waals surface area contributed by atoms with Gasteiger partial charge in [0.2, 0.25) is 0 Å². The zero-order chi connectivity index (χ0) is 19.2. The summed E-state index contributed by atoms with van der Waals surface area (Å²) >= 11 is 0. The number of aromatic hydroxyl groups is 1. The van der Waals surface area contributed by atoms with Crippen molar-refractivity contribution in [2.75, 3.05) is 0 Å². The Kier molecular flexibility index (Phi) is 3.88. The third-order valence-electron chi connectivity index (χ3n) is 4.09. The van der Waals surface area contributed by atoms with Crippen LogP contribution < -0.4 is 0 Å². The number of fused-ring (bicyclic) bond motifs is 1. The fourth-order valence-corrected chi connectivity index (χ4v) is 2.94. The molecule has 0 aliphatic rings. The average Bonchev–Trinajstić information content (AvgIpc) is 2.90. The van der Waals surface area contributed by atoms with Gasteiger partial charge in [0.15, 0.2) is 0 Å². The van der Waals surface area contributed by atoms with Gasteiger partial charge in [-0.05, 0) is 35.9 Å². The van der Waals surface area contributed by atoms with Gasteiger partial charge in [0.25, 0.3) is 0 Å². The number of phenols is 1. The van der Waals surface area contributed by atoms with Gasteiger partial charge in [-0.1, -0.05) is 6.07 Å². The number of nitrogens with zero attached hydrogens (tertiary/aromatic N) is 2. The quantitative estimate of drug-likeness (QED) is 0.719. The second-order valence-corrected chi connectivity index (χ2v) is 5.70. The molecule has 0 radical (unpaired) electrons. The van der Waals surface area contributed by atoms with E-state index in [4.69, 9.17) is 10.4 Å². The number of carboxylic acid groups (broad SMARTS) is 1. The third-order valence-corrected chi connectivity index (χ3v) is 4.09. The van der Waals surface area contributed by atoms with Crippen molar-refractivity contribution < 1.29 is 28.2 Å². The molecule has 0 unspecified atom stereocenters. The molecule has 0 bridgehead atoms. The van der Waals surface area contributed by atoms with Crippen molar-refractivity contribution in [3.63, 3.8) is 0 Å². The Morgan fingerprint density at radius 1 is 1.19 bits per heavy atom. The number of carboxylic acids is 1. The summed E-state index contributed by atoms with van der Waals surface area (Å²) in [6.07, 6.45) is -4.58. The van der Waals surface area contributed by atoms with Gasteiger partial charge >= 0.3 is 12.1 Å². The number of aryl methyl sites for hydroxylation is 1. The highest BCUT2D eigenvalue weighted by atomic mass is 19.4. The highest BCUT2D eigenvalue weighted by Crippen LogP contribution is 2.38. The van der Waals surface area contributed by atoms with E-state index >= 15 is 0 Å². The zero-order valence-corrected chi connectivity index (χ0v) is 13.3. The molecule has 0 aliphatic heterocycles. The van der Waals surface area contributed by atoms with Crippen molar-refractivity contribution >= 4 is 16.9 Å². The maximum absolute atomic E-state index is 13.2. The molecule has 3 aromatic rings. The molecule has 2 N–H and O–H groups in total. The summed E-state index contributed by atoms with van der Waals surface area (Å²) in [5.74, 6) is -1.85. The first-order valence-corrected chi connectivity index (χ1v) is 7.31. The largest absolute Gasteiger partial charge is 0.507 e. The summed E-state index contributed by atoms with van der Waals surface area (Å²) in [4.78, 5) is 11.0. The van der Waals surface area contributed by atoms with Crippen molar-refractivity contribution in [1.29, 1.82) is 5.26 Å². The fourth-order valence-electron chi connectivity index (χ4n) is 2.94. The van der Waals surface area contributed by atoms with E-state index in [0.29, 0.717) is 5.56 Å². The molecule has 0 fully saturated rings. The van der Waals surface area contributed by atoms with Crippen LogP contribution >= 0.6 is 0 Å². The van der Waals surface area contributed by atoms with Gasteiger partial charge in [-0.2, -0.15) is 18.4 Å². The Labute approximate surface area is 145 Å². The molecule has 3 rings (SSSR count). The minimum Gasteiger partial charge on any atom is -0.507 e. The summed E-state index contributed by atoms with van der Waals surface area (Å²) in [7, 11) is 1.26. The molecule has 0 aliphatic carbocycles. The lowest BCUT2D eigenvalue weighted by atomic mass is 9.98. The number of carbonyl (C=O) groups is 1. The van der Waals surface area contributed by atoms with Crippen LogP contribution in [0.4, 0.5) is 13.2 Å². The molecular weight excluding hydrogens is 349 g/mol. The van der Waals surface area contributed by atoms with Gasteiger partial charge < -0.3 is 14.8 Å². The number of alkyl halides is 3. The van der Waals surface area contributed by atoms with E-state index in [9.17, 15) is 23.1 Å². The fraction of sp³-hybridized carbons (Fsp3) is 0.111. The Hall–Kier alpha value is -3.47. The van der Waals surface area contributed by atoms with Gasteiger partial charge in [0.05, 0.1) is 17.1 Å². The maximum atomic E-state index is 13.2. The van der Waals surface area contributed by atoms with Crippen LogP contribution in [-0.2, 0) is 13.2 Å². The van der Waals surface area contributed by atoms with Crippen LogP contribution in [0.5, 0.6) is 5.75 Å². The van der Waals surface area contributed by atoms with Gasteiger partial charge in [0, 0.05) is 18.0 Å². The van der Waals surface area contributed by atoms with Gasteiger partial charge in [-0.15, -0.1) is 0 Å². The Bertz CT molecular complexity index is 1090. The summed E-state index contributed by atoms with van der Waals surface area (Å²) in [5, 5.41) is 28.3. The Morgan fingerprint density at radius 3 is 2.42 bits per heavy atom. The maximum Gasteiger partial charge on any atom is 0.431 e. The van der Waals surface area contributed by atoms with E-state index in [0.717, 1.165) is 22.8 Å². The topological polar surface area (TPSA) is 86.2 Å². The number of nitriles is 1. The molecule has 8 heteroatoms. The first-order chi connectivity index (χ1) is 12.1.